The van der Waals surface area contributed by atoms with E-state index in [1.807, 2.05) is 6.07 Å². The summed E-state index contributed by atoms with van der Waals surface area (Å²) < 4.78 is 0. The summed E-state index contributed by atoms with van der Waals surface area (Å²) in [5, 5.41) is 3.38. The molecule has 0 unspecified atom stereocenters. The molecule has 1 fully saturated rings. The Morgan fingerprint density at radius 2 is 1.79 bits per heavy atom. The Morgan fingerprint density at radius 1 is 1.05 bits per heavy atom. The Morgan fingerprint density at radius 3 is 2.53 bits per heavy atom. The molecule has 0 spiro atoms. The lowest BCUT2D eigenvalue weighted by Crippen LogP contribution is -2.25. The van der Waals surface area contributed by atoms with Crippen LogP contribution in [0.15, 0.2) is 30.3 Å². The van der Waals surface area contributed by atoms with Crippen LogP contribution in [0.25, 0.3) is 0 Å². The molecule has 1 aromatic rings. The second-order valence-corrected chi connectivity index (χ2v) is 5.54. The van der Waals surface area contributed by atoms with E-state index in [0.717, 1.165) is 32.4 Å². The molecule has 1 N–H and O–H groups in total. The van der Waals surface area contributed by atoms with Crippen LogP contribution in [0, 0.1) is 5.92 Å². The van der Waals surface area contributed by atoms with Gasteiger partial charge < -0.3 is 5.32 Å². The van der Waals surface area contributed by atoms with Gasteiger partial charge in [-0.1, -0.05) is 49.6 Å². The van der Waals surface area contributed by atoms with Crippen molar-refractivity contribution < 1.29 is 4.79 Å². The molecule has 0 heterocycles. The van der Waals surface area contributed by atoms with Gasteiger partial charge in [-0.15, -0.1) is 0 Å². The number of hydrogen-bond acceptors (Lipinski definition) is 2. The number of carbonyl (C=O) groups is 1. The van der Waals surface area contributed by atoms with Crippen molar-refractivity contribution >= 4 is 5.78 Å². The van der Waals surface area contributed by atoms with Gasteiger partial charge in [0.2, 0.25) is 0 Å². The number of rotatable bonds is 7. The zero-order valence-corrected chi connectivity index (χ0v) is 11.7. The van der Waals surface area contributed by atoms with Gasteiger partial charge in [0, 0.05) is 18.9 Å². The van der Waals surface area contributed by atoms with Gasteiger partial charge in [-0.25, -0.2) is 0 Å². The second kappa shape index (κ2) is 8.11. The van der Waals surface area contributed by atoms with Gasteiger partial charge in [0.15, 0.2) is 0 Å². The smallest absolute Gasteiger partial charge is 0.137 e. The molecule has 0 radical (unpaired) electrons. The minimum Gasteiger partial charge on any atom is -0.316 e. The fourth-order valence-corrected chi connectivity index (χ4v) is 2.84. The quantitative estimate of drug-likeness (QED) is 0.761. The third-order valence-corrected chi connectivity index (χ3v) is 4.04. The molecule has 0 atom stereocenters. The first-order valence-corrected chi connectivity index (χ1v) is 7.63. The first-order valence-electron chi connectivity index (χ1n) is 7.63. The minimum atomic E-state index is 0.365. The second-order valence-electron chi connectivity index (χ2n) is 5.54. The Hall–Kier alpha value is -1.15. The largest absolute Gasteiger partial charge is 0.316 e. The molecular weight excluding hydrogens is 234 g/mol. The molecule has 1 saturated carbocycles. The molecule has 0 aromatic heterocycles. The van der Waals surface area contributed by atoms with Crippen LogP contribution >= 0.6 is 0 Å². The lowest BCUT2D eigenvalue weighted by atomic mass is 9.85. The van der Waals surface area contributed by atoms with E-state index in [0.29, 0.717) is 18.1 Å². The predicted octanol–water partition coefficient (Wildman–Crippen LogP) is 3.36. The van der Waals surface area contributed by atoms with Crippen LogP contribution in [0.3, 0.4) is 0 Å². The van der Waals surface area contributed by atoms with E-state index in [4.69, 9.17) is 0 Å². The molecule has 2 heteroatoms. The SMILES string of the molecule is O=C(CCNCCc1ccccc1)C1CCCCC1. The predicted molar refractivity (Wildman–Crippen MR) is 79.2 cm³/mol. The van der Waals surface area contributed by atoms with E-state index in [1.165, 1.54) is 24.8 Å². The molecule has 0 bridgehead atoms. The van der Waals surface area contributed by atoms with Crippen LogP contribution in [-0.4, -0.2) is 18.9 Å². The van der Waals surface area contributed by atoms with Crippen LogP contribution in [0.5, 0.6) is 0 Å². The summed E-state index contributed by atoms with van der Waals surface area (Å²) in [4.78, 5) is 12.0. The summed E-state index contributed by atoms with van der Waals surface area (Å²) in [6.45, 7) is 1.80. The molecule has 2 rings (SSSR count). The maximum atomic E-state index is 12.0. The van der Waals surface area contributed by atoms with E-state index in [-0.39, 0.29) is 0 Å². The highest BCUT2D eigenvalue weighted by Crippen LogP contribution is 2.24. The third kappa shape index (κ3) is 5.15. The molecule has 19 heavy (non-hydrogen) atoms. The Labute approximate surface area is 116 Å². The molecule has 0 amide bonds. The molecule has 1 aliphatic rings. The van der Waals surface area contributed by atoms with Gasteiger partial charge in [0.05, 0.1) is 0 Å². The zero-order valence-electron chi connectivity index (χ0n) is 11.7. The van der Waals surface area contributed by atoms with E-state index < -0.39 is 0 Å². The zero-order chi connectivity index (χ0) is 13.3. The normalized spacial score (nSPS) is 16.4. The number of ketones is 1. The summed E-state index contributed by atoms with van der Waals surface area (Å²) in [6, 6.07) is 10.5. The Kier molecular flexibility index (Phi) is 6.09. The average molecular weight is 259 g/mol. The topological polar surface area (TPSA) is 29.1 Å². The van der Waals surface area contributed by atoms with Crippen LogP contribution in [0.2, 0.25) is 0 Å². The van der Waals surface area contributed by atoms with Gasteiger partial charge in [0.25, 0.3) is 0 Å². The Balaban J connectivity index is 1.55. The van der Waals surface area contributed by atoms with Crippen molar-refractivity contribution in [1.82, 2.24) is 5.32 Å². The fraction of sp³-hybridized carbons (Fsp3) is 0.588. The van der Waals surface area contributed by atoms with E-state index in [9.17, 15) is 4.79 Å². The first-order chi connectivity index (χ1) is 9.36. The highest BCUT2D eigenvalue weighted by Gasteiger charge is 2.19. The number of hydrogen-bond donors (Lipinski definition) is 1. The van der Waals surface area contributed by atoms with E-state index in [2.05, 4.69) is 29.6 Å². The molecule has 1 aliphatic carbocycles. The highest BCUT2D eigenvalue weighted by atomic mass is 16.1. The van der Waals surface area contributed by atoms with Crippen LogP contribution in [-0.2, 0) is 11.2 Å². The van der Waals surface area contributed by atoms with Gasteiger partial charge in [-0.05, 0) is 31.4 Å². The summed E-state index contributed by atoms with van der Waals surface area (Å²) in [5.41, 5.74) is 1.36. The van der Waals surface area contributed by atoms with Gasteiger partial charge >= 0.3 is 0 Å². The van der Waals surface area contributed by atoms with Crippen LogP contribution in [0.1, 0.15) is 44.1 Å². The molecule has 1 aromatic carbocycles. The highest BCUT2D eigenvalue weighted by molar-refractivity contribution is 5.81. The standard InChI is InChI=1S/C17H25NO/c19-17(16-9-5-2-6-10-16)12-14-18-13-11-15-7-3-1-4-8-15/h1,3-4,7-8,16,18H,2,5-6,9-14H2. The van der Waals surface area contributed by atoms with Gasteiger partial charge in [-0.3, -0.25) is 4.79 Å². The van der Waals surface area contributed by atoms with E-state index in [1.54, 1.807) is 0 Å². The summed E-state index contributed by atoms with van der Waals surface area (Å²) in [7, 11) is 0. The van der Waals surface area contributed by atoms with Crippen molar-refractivity contribution in [3.63, 3.8) is 0 Å². The molecule has 0 saturated heterocycles. The molecule has 104 valence electrons. The van der Waals surface area contributed by atoms with Crippen LogP contribution in [0.4, 0.5) is 0 Å². The van der Waals surface area contributed by atoms with Crippen molar-refractivity contribution in [2.24, 2.45) is 5.92 Å². The van der Waals surface area contributed by atoms with Crippen molar-refractivity contribution in [2.45, 2.75) is 44.9 Å². The van der Waals surface area contributed by atoms with E-state index >= 15 is 0 Å². The maximum absolute atomic E-state index is 12.0. The van der Waals surface area contributed by atoms with Crippen molar-refractivity contribution in [3.8, 4) is 0 Å². The lowest BCUT2D eigenvalue weighted by Gasteiger charge is -2.20. The molecule has 0 aliphatic heterocycles. The molecular formula is C17H25NO. The summed E-state index contributed by atoms with van der Waals surface area (Å²) in [5.74, 6) is 0.844. The molecule has 2 nitrogen and oxygen atoms in total. The lowest BCUT2D eigenvalue weighted by molar-refractivity contribution is -0.123. The fourth-order valence-electron chi connectivity index (χ4n) is 2.84. The minimum absolute atomic E-state index is 0.365. The third-order valence-electron chi connectivity index (χ3n) is 4.04. The van der Waals surface area contributed by atoms with Crippen molar-refractivity contribution in [1.29, 1.82) is 0 Å². The summed E-state index contributed by atoms with van der Waals surface area (Å²) >= 11 is 0. The first kappa shape index (κ1) is 14.3. The number of carbonyl (C=O) groups excluding carboxylic acids is 1. The van der Waals surface area contributed by atoms with Crippen molar-refractivity contribution in [3.05, 3.63) is 35.9 Å². The van der Waals surface area contributed by atoms with Gasteiger partial charge in [0.1, 0.15) is 5.78 Å². The van der Waals surface area contributed by atoms with Gasteiger partial charge in [-0.2, -0.15) is 0 Å². The Bertz CT molecular complexity index is 368. The maximum Gasteiger partial charge on any atom is 0.137 e. The monoisotopic (exact) mass is 259 g/mol. The van der Waals surface area contributed by atoms with Crippen LogP contribution < -0.4 is 5.32 Å². The number of nitrogens with one attached hydrogen (secondary N) is 1. The van der Waals surface area contributed by atoms with Crippen molar-refractivity contribution in [2.75, 3.05) is 13.1 Å². The number of benzene rings is 1. The number of Topliss-reactive ketones (excluding diaryl/α,β-unsaturated/α-hetero) is 1. The summed E-state index contributed by atoms with van der Waals surface area (Å²) in [6.07, 6.45) is 7.82. The average Bonchev–Trinajstić information content (AvgIpc) is 2.49.